The van der Waals surface area contributed by atoms with E-state index in [0.29, 0.717) is 11.0 Å². The molecule has 1 aliphatic rings. The van der Waals surface area contributed by atoms with Crippen molar-refractivity contribution >= 4 is 17.6 Å². The summed E-state index contributed by atoms with van der Waals surface area (Å²) in [5.41, 5.74) is 0. The minimum absolute atomic E-state index is 0.302. The zero-order valence-corrected chi connectivity index (χ0v) is 7.68. The number of carboxylic acids is 1. The van der Waals surface area contributed by atoms with Crippen molar-refractivity contribution in [1.82, 2.24) is 0 Å². The van der Waals surface area contributed by atoms with Gasteiger partial charge in [-0.05, 0) is 18.8 Å². The quantitative estimate of drug-likeness (QED) is 0.677. The highest BCUT2D eigenvalue weighted by molar-refractivity contribution is 6.31. The van der Waals surface area contributed by atoms with E-state index >= 15 is 0 Å². The Labute approximate surface area is 77.2 Å². The second-order valence-corrected chi connectivity index (χ2v) is 3.64. The Bertz CT molecular complexity index is 193. The molecule has 1 aliphatic carbocycles. The minimum Gasteiger partial charge on any atom is -0.478 e. The van der Waals surface area contributed by atoms with Crippen LogP contribution in [0.5, 0.6) is 0 Å². The molecule has 0 aromatic rings. The number of hydrogen-bond acceptors (Lipinski definition) is 1. The Balaban J connectivity index is 2.49. The summed E-state index contributed by atoms with van der Waals surface area (Å²) in [6.45, 7) is 0. The van der Waals surface area contributed by atoms with Crippen molar-refractivity contribution < 1.29 is 9.90 Å². The van der Waals surface area contributed by atoms with Gasteiger partial charge >= 0.3 is 5.97 Å². The van der Waals surface area contributed by atoms with Gasteiger partial charge in [0, 0.05) is 11.1 Å². The van der Waals surface area contributed by atoms with Crippen LogP contribution in [0.15, 0.2) is 11.1 Å². The van der Waals surface area contributed by atoms with Crippen LogP contribution in [0.4, 0.5) is 0 Å². The standard InChI is InChI=1S/C9H13ClO2/c10-8(6-9(11)12)7-4-2-1-3-5-7/h6-7H,1-5H2,(H,11,12)/b8-6+. The molecule has 0 spiro atoms. The fourth-order valence-electron chi connectivity index (χ4n) is 1.61. The lowest BCUT2D eigenvalue weighted by Crippen LogP contribution is -2.07. The van der Waals surface area contributed by atoms with Crippen LogP contribution < -0.4 is 0 Å². The maximum atomic E-state index is 10.3. The zero-order valence-electron chi connectivity index (χ0n) is 6.92. The van der Waals surface area contributed by atoms with Gasteiger partial charge in [-0.2, -0.15) is 0 Å². The van der Waals surface area contributed by atoms with Gasteiger partial charge < -0.3 is 5.11 Å². The number of hydrogen-bond donors (Lipinski definition) is 1. The van der Waals surface area contributed by atoms with Crippen molar-refractivity contribution in [3.05, 3.63) is 11.1 Å². The van der Waals surface area contributed by atoms with Gasteiger partial charge in [-0.15, -0.1) is 0 Å². The average Bonchev–Trinajstić information content (AvgIpc) is 2.05. The van der Waals surface area contributed by atoms with E-state index in [2.05, 4.69) is 0 Å². The van der Waals surface area contributed by atoms with Crippen molar-refractivity contribution in [3.63, 3.8) is 0 Å². The van der Waals surface area contributed by atoms with E-state index in [-0.39, 0.29) is 0 Å². The Morgan fingerprint density at radius 2 is 1.92 bits per heavy atom. The first-order chi connectivity index (χ1) is 5.70. The summed E-state index contributed by atoms with van der Waals surface area (Å²) in [5, 5.41) is 8.97. The predicted octanol–water partition coefficient (Wildman–Crippen LogP) is 2.77. The first-order valence-electron chi connectivity index (χ1n) is 4.30. The van der Waals surface area contributed by atoms with E-state index in [1.807, 2.05) is 0 Å². The summed E-state index contributed by atoms with van der Waals surface area (Å²) in [7, 11) is 0. The van der Waals surface area contributed by atoms with Crippen LogP contribution in [0.2, 0.25) is 0 Å². The molecule has 68 valence electrons. The molecule has 2 nitrogen and oxygen atoms in total. The molecule has 0 bridgehead atoms. The van der Waals surface area contributed by atoms with Crippen LogP contribution >= 0.6 is 11.6 Å². The minimum atomic E-state index is -0.939. The number of rotatable bonds is 2. The third-order valence-corrected chi connectivity index (χ3v) is 2.67. The fraction of sp³-hybridized carbons (Fsp3) is 0.667. The van der Waals surface area contributed by atoms with Gasteiger partial charge in [0.15, 0.2) is 0 Å². The lowest BCUT2D eigenvalue weighted by Gasteiger charge is -2.20. The van der Waals surface area contributed by atoms with E-state index in [1.54, 1.807) is 0 Å². The largest absolute Gasteiger partial charge is 0.478 e. The molecule has 1 fully saturated rings. The van der Waals surface area contributed by atoms with E-state index in [0.717, 1.165) is 18.9 Å². The molecule has 0 atom stereocenters. The highest BCUT2D eigenvalue weighted by Gasteiger charge is 2.16. The third kappa shape index (κ3) is 2.86. The normalized spacial score (nSPS) is 20.9. The van der Waals surface area contributed by atoms with E-state index < -0.39 is 5.97 Å². The number of halogens is 1. The molecule has 0 aliphatic heterocycles. The first-order valence-corrected chi connectivity index (χ1v) is 4.68. The van der Waals surface area contributed by atoms with Crippen LogP contribution in [0.3, 0.4) is 0 Å². The topological polar surface area (TPSA) is 37.3 Å². The molecule has 0 aromatic heterocycles. The van der Waals surface area contributed by atoms with Crippen molar-refractivity contribution in [2.24, 2.45) is 5.92 Å². The van der Waals surface area contributed by atoms with Crippen molar-refractivity contribution in [2.45, 2.75) is 32.1 Å². The molecular formula is C9H13ClO2. The van der Waals surface area contributed by atoms with Gasteiger partial charge in [0.1, 0.15) is 0 Å². The molecule has 0 saturated heterocycles. The lowest BCUT2D eigenvalue weighted by molar-refractivity contribution is -0.131. The van der Waals surface area contributed by atoms with Crippen LogP contribution in [0, 0.1) is 5.92 Å². The van der Waals surface area contributed by atoms with Crippen molar-refractivity contribution in [3.8, 4) is 0 Å². The second kappa shape index (κ2) is 4.51. The van der Waals surface area contributed by atoms with Crippen molar-refractivity contribution in [2.75, 3.05) is 0 Å². The van der Waals surface area contributed by atoms with E-state index in [1.165, 1.54) is 19.3 Å². The Morgan fingerprint density at radius 1 is 1.33 bits per heavy atom. The van der Waals surface area contributed by atoms with E-state index in [9.17, 15) is 4.79 Å². The highest BCUT2D eigenvalue weighted by Crippen LogP contribution is 2.31. The molecule has 0 aromatic carbocycles. The molecule has 1 saturated carbocycles. The number of carbonyl (C=O) groups is 1. The summed E-state index contributed by atoms with van der Waals surface area (Å²) in [4.78, 5) is 10.3. The first kappa shape index (κ1) is 9.59. The summed E-state index contributed by atoms with van der Waals surface area (Å²) in [6.07, 6.45) is 6.82. The van der Waals surface area contributed by atoms with Gasteiger partial charge in [0.05, 0.1) is 0 Å². The number of allylic oxidation sites excluding steroid dienone is 1. The van der Waals surface area contributed by atoms with Gasteiger partial charge in [-0.3, -0.25) is 0 Å². The Kier molecular flexibility index (Phi) is 3.60. The fourth-order valence-corrected chi connectivity index (χ4v) is 1.93. The maximum Gasteiger partial charge on any atom is 0.329 e. The summed E-state index contributed by atoms with van der Waals surface area (Å²) >= 11 is 5.83. The van der Waals surface area contributed by atoms with E-state index in [4.69, 9.17) is 16.7 Å². The van der Waals surface area contributed by atoms with Crippen molar-refractivity contribution in [1.29, 1.82) is 0 Å². The SMILES string of the molecule is O=C(O)/C=C(/Cl)C1CCCCC1. The predicted molar refractivity (Wildman–Crippen MR) is 48.1 cm³/mol. The Hall–Kier alpha value is -0.500. The van der Waals surface area contributed by atoms with Gasteiger partial charge in [-0.25, -0.2) is 4.79 Å². The Morgan fingerprint density at radius 3 is 2.42 bits per heavy atom. The smallest absolute Gasteiger partial charge is 0.329 e. The van der Waals surface area contributed by atoms with Gasteiger partial charge in [0.25, 0.3) is 0 Å². The van der Waals surface area contributed by atoms with Crippen LogP contribution in [-0.4, -0.2) is 11.1 Å². The molecule has 3 heteroatoms. The lowest BCUT2D eigenvalue weighted by atomic mass is 9.89. The van der Waals surface area contributed by atoms with Gasteiger partial charge in [0.2, 0.25) is 0 Å². The molecule has 0 amide bonds. The number of aliphatic carboxylic acids is 1. The summed E-state index contributed by atoms with van der Waals surface area (Å²) in [6, 6.07) is 0. The van der Waals surface area contributed by atoms with Crippen LogP contribution in [-0.2, 0) is 4.79 Å². The second-order valence-electron chi connectivity index (χ2n) is 3.20. The molecule has 0 radical (unpaired) electrons. The molecule has 0 heterocycles. The maximum absolute atomic E-state index is 10.3. The highest BCUT2D eigenvalue weighted by atomic mass is 35.5. The number of carboxylic acid groups (broad SMARTS) is 1. The summed E-state index contributed by atoms with van der Waals surface area (Å²) < 4.78 is 0. The molecule has 1 rings (SSSR count). The van der Waals surface area contributed by atoms with Crippen LogP contribution in [0.25, 0.3) is 0 Å². The average molecular weight is 189 g/mol. The molecule has 0 unspecified atom stereocenters. The monoisotopic (exact) mass is 188 g/mol. The van der Waals surface area contributed by atoms with Gasteiger partial charge in [-0.1, -0.05) is 30.9 Å². The molecule has 12 heavy (non-hydrogen) atoms. The summed E-state index contributed by atoms with van der Waals surface area (Å²) in [5.74, 6) is -0.637. The zero-order chi connectivity index (χ0) is 8.97. The third-order valence-electron chi connectivity index (χ3n) is 2.26. The molecule has 1 N–H and O–H groups in total. The molecular weight excluding hydrogens is 176 g/mol. The van der Waals surface area contributed by atoms with Crippen LogP contribution in [0.1, 0.15) is 32.1 Å².